The monoisotopic (exact) mass is 254 g/mol. The lowest BCUT2D eigenvalue weighted by Gasteiger charge is -2.17. The Morgan fingerprint density at radius 2 is 2.28 bits per heavy atom. The Morgan fingerprint density at radius 1 is 1.56 bits per heavy atom. The summed E-state index contributed by atoms with van der Waals surface area (Å²) in [5.74, 6) is -0.477. The summed E-state index contributed by atoms with van der Waals surface area (Å²) in [5.41, 5.74) is 6.17. The molecule has 0 aliphatic heterocycles. The van der Waals surface area contributed by atoms with Gasteiger partial charge in [0.15, 0.2) is 0 Å². The van der Waals surface area contributed by atoms with Gasteiger partial charge in [0.05, 0.1) is 18.6 Å². The van der Waals surface area contributed by atoms with Crippen LogP contribution >= 0.6 is 0 Å². The standard InChI is InChI=1S/C13H19FN2O2/c1-9(10-4-3-5-11(14)6-10)16-13(17)7-12(8-15)18-2/h3-6,9,12H,7-8,15H2,1-2H3,(H,16,17)/t9-,12?/m1/s1. The first-order valence-corrected chi connectivity index (χ1v) is 5.84. The molecule has 1 aromatic rings. The van der Waals surface area contributed by atoms with Gasteiger partial charge in [-0.25, -0.2) is 4.39 Å². The van der Waals surface area contributed by atoms with Crippen LogP contribution in [0.2, 0.25) is 0 Å². The largest absolute Gasteiger partial charge is 0.380 e. The van der Waals surface area contributed by atoms with Gasteiger partial charge in [-0.05, 0) is 24.6 Å². The van der Waals surface area contributed by atoms with Crippen molar-refractivity contribution in [1.82, 2.24) is 5.32 Å². The van der Waals surface area contributed by atoms with Crippen molar-refractivity contribution in [2.75, 3.05) is 13.7 Å². The Labute approximate surface area is 106 Å². The number of halogens is 1. The van der Waals surface area contributed by atoms with Gasteiger partial charge >= 0.3 is 0 Å². The fourth-order valence-corrected chi connectivity index (χ4v) is 1.63. The molecule has 2 atom stereocenters. The van der Waals surface area contributed by atoms with Crippen molar-refractivity contribution in [2.45, 2.75) is 25.5 Å². The normalized spacial score (nSPS) is 14.0. The van der Waals surface area contributed by atoms with E-state index in [9.17, 15) is 9.18 Å². The summed E-state index contributed by atoms with van der Waals surface area (Å²) in [7, 11) is 1.51. The van der Waals surface area contributed by atoms with Crippen molar-refractivity contribution in [3.8, 4) is 0 Å². The number of carbonyl (C=O) groups is 1. The van der Waals surface area contributed by atoms with Crippen molar-refractivity contribution >= 4 is 5.91 Å². The Kier molecular flexibility index (Phi) is 5.74. The summed E-state index contributed by atoms with van der Waals surface area (Å²) in [4.78, 5) is 11.7. The summed E-state index contributed by atoms with van der Waals surface area (Å²) < 4.78 is 18.1. The first kappa shape index (κ1) is 14.6. The molecule has 3 N–H and O–H groups in total. The van der Waals surface area contributed by atoms with Crippen LogP contribution in [0.15, 0.2) is 24.3 Å². The minimum atomic E-state index is -0.315. The molecule has 0 saturated carbocycles. The maximum absolute atomic E-state index is 13.0. The topological polar surface area (TPSA) is 64.3 Å². The van der Waals surface area contributed by atoms with Gasteiger partial charge < -0.3 is 15.8 Å². The van der Waals surface area contributed by atoms with E-state index in [1.54, 1.807) is 19.1 Å². The quantitative estimate of drug-likeness (QED) is 0.805. The molecule has 0 spiro atoms. The second-order valence-electron chi connectivity index (χ2n) is 4.14. The molecule has 0 saturated heterocycles. The number of hydrogen-bond donors (Lipinski definition) is 2. The minimum Gasteiger partial charge on any atom is -0.380 e. The number of amides is 1. The maximum atomic E-state index is 13.0. The lowest BCUT2D eigenvalue weighted by Crippen LogP contribution is -2.33. The van der Waals surface area contributed by atoms with Crippen molar-refractivity contribution in [3.05, 3.63) is 35.6 Å². The van der Waals surface area contributed by atoms with Crippen LogP contribution in [0, 0.1) is 5.82 Å². The second-order valence-corrected chi connectivity index (χ2v) is 4.14. The number of carbonyl (C=O) groups excluding carboxylic acids is 1. The molecule has 0 aliphatic carbocycles. The van der Waals surface area contributed by atoms with E-state index in [0.717, 1.165) is 5.56 Å². The Morgan fingerprint density at radius 3 is 2.83 bits per heavy atom. The molecule has 100 valence electrons. The van der Waals surface area contributed by atoms with Crippen LogP contribution in [0.25, 0.3) is 0 Å². The van der Waals surface area contributed by atoms with E-state index in [0.29, 0.717) is 0 Å². The Hall–Kier alpha value is -1.46. The number of hydrogen-bond acceptors (Lipinski definition) is 3. The fraction of sp³-hybridized carbons (Fsp3) is 0.462. The van der Waals surface area contributed by atoms with Crippen molar-refractivity contribution in [2.24, 2.45) is 5.73 Å². The predicted molar refractivity (Wildman–Crippen MR) is 67.4 cm³/mol. The molecular formula is C13H19FN2O2. The van der Waals surface area contributed by atoms with Crippen LogP contribution in [-0.4, -0.2) is 25.7 Å². The lowest BCUT2D eigenvalue weighted by molar-refractivity contribution is -0.124. The molecule has 0 aliphatic rings. The molecule has 1 rings (SSSR count). The predicted octanol–water partition coefficient (Wildman–Crippen LogP) is 1.37. The molecule has 5 heteroatoms. The highest BCUT2D eigenvalue weighted by Crippen LogP contribution is 2.13. The zero-order valence-corrected chi connectivity index (χ0v) is 10.7. The van der Waals surface area contributed by atoms with Gasteiger partial charge in [0, 0.05) is 13.7 Å². The first-order valence-electron chi connectivity index (χ1n) is 5.84. The number of nitrogens with one attached hydrogen (secondary N) is 1. The van der Waals surface area contributed by atoms with Crippen LogP contribution in [-0.2, 0) is 9.53 Å². The van der Waals surface area contributed by atoms with E-state index in [-0.39, 0.29) is 36.8 Å². The Balaban J connectivity index is 2.54. The van der Waals surface area contributed by atoms with Gasteiger partial charge in [-0.2, -0.15) is 0 Å². The smallest absolute Gasteiger partial charge is 0.223 e. The van der Waals surface area contributed by atoms with Gasteiger partial charge in [0.25, 0.3) is 0 Å². The van der Waals surface area contributed by atoms with Crippen molar-refractivity contribution in [1.29, 1.82) is 0 Å². The van der Waals surface area contributed by atoms with Gasteiger partial charge in [0.1, 0.15) is 5.82 Å². The van der Waals surface area contributed by atoms with Gasteiger partial charge in [-0.15, -0.1) is 0 Å². The third-order valence-electron chi connectivity index (χ3n) is 2.74. The number of benzene rings is 1. The van der Waals surface area contributed by atoms with Gasteiger partial charge in [-0.3, -0.25) is 4.79 Å². The second kappa shape index (κ2) is 7.08. The molecule has 18 heavy (non-hydrogen) atoms. The highest BCUT2D eigenvalue weighted by molar-refractivity contribution is 5.76. The van der Waals surface area contributed by atoms with Crippen LogP contribution in [0.3, 0.4) is 0 Å². The molecule has 0 bridgehead atoms. The summed E-state index contributed by atoms with van der Waals surface area (Å²) in [6.07, 6.45) is -0.0863. The molecule has 1 unspecified atom stereocenters. The van der Waals surface area contributed by atoms with E-state index in [2.05, 4.69) is 5.32 Å². The van der Waals surface area contributed by atoms with Crippen LogP contribution < -0.4 is 11.1 Å². The van der Waals surface area contributed by atoms with Gasteiger partial charge in [-0.1, -0.05) is 12.1 Å². The molecule has 1 amide bonds. The molecule has 0 radical (unpaired) electrons. The summed E-state index contributed by atoms with van der Waals surface area (Å²) in [5, 5.41) is 2.78. The van der Waals surface area contributed by atoms with Crippen molar-refractivity contribution < 1.29 is 13.9 Å². The third kappa shape index (κ3) is 4.43. The van der Waals surface area contributed by atoms with Crippen LogP contribution in [0.5, 0.6) is 0 Å². The number of rotatable bonds is 6. The highest BCUT2D eigenvalue weighted by atomic mass is 19.1. The number of ether oxygens (including phenoxy) is 1. The Bertz CT molecular complexity index is 394. The van der Waals surface area contributed by atoms with Crippen LogP contribution in [0.1, 0.15) is 24.9 Å². The average Bonchev–Trinajstić information content (AvgIpc) is 2.35. The average molecular weight is 254 g/mol. The molecule has 1 aromatic carbocycles. The van der Waals surface area contributed by atoms with E-state index in [4.69, 9.17) is 10.5 Å². The van der Waals surface area contributed by atoms with Crippen molar-refractivity contribution in [3.63, 3.8) is 0 Å². The first-order chi connectivity index (χ1) is 8.56. The zero-order chi connectivity index (χ0) is 13.5. The van der Waals surface area contributed by atoms with E-state index in [1.165, 1.54) is 19.2 Å². The van der Waals surface area contributed by atoms with E-state index < -0.39 is 0 Å². The highest BCUT2D eigenvalue weighted by Gasteiger charge is 2.14. The summed E-state index contributed by atoms with van der Waals surface area (Å²) in [6, 6.07) is 5.91. The lowest BCUT2D eigenvalue weighted by atomic mass is 10.1. The van der Waals surface area contributed by atoms with Gasteiger partial charge in [0.2, 0.25) is 5.91 Å². The molecule has 0 aromatic heterocycles. The number of nitrogens with two attached hydrogens (primary N) is 1. The molecular weight excluding hydrogens is 235 g/mol. The third-order valence-corrected chi connectivity index (χ3v) is 2.74. The minimum absolute atomic E-state index is 0.163. The van der Waals surface area contributed by atoms with Crippen LogP contribution in [0.4, 0.5) is 4.39 Å². The maximum Gasteiger partial charge on any atom is 0.223 e. The summed E-state index contributed by atoms with van der Waals surface area (Å²) >= 11 is 0. The summed E-state index contributed by atoms with van der Waals surface area (Å²) in [6.45, 7) is 2.09. The molecule has 0 fully saturated rings. The van der Waals surface area contributed by atoms with E-state index in [1.807, 2.05) is 0 Å². The molecule has 4 nitrogen and oxygen atoms in total. The zero-order valence-electron chi connectivity index (χ0n) is 10.7. The SMILES string of the molecule is COC(CN)CC(=O)N[C@H](C)c1cccc(F)c1. The fourth-order valence-electron chi connectivity index (χ4n) is 1.63. The molecule has 0 heterocycles. The number of methoxy groups -OCH3 is 1. The van der Waals surface area contributed by atoms with E-state index >= 15 is 0 Å².